The summed E-state index contributed by atoms with van der Waals surface area (Å²) in [4.78, 5) is 12.1. The lowest BCUT2D eigenvalue weighted by atomic mass is 10.3. The van der Waals surface area contributed by atoms with Crippen molar-refractivity contribution < 1.29 is 9.47 Å². The Morgan fingerprint density at radius 2 is 2.35 bits per heavy atom. The molecule has 17 heavy (non-hydrogen) atoms. The van der Waals surface area contributed by atoms with Crippen LogP contribution < -0.4 is 15.8 Å². The molecule has 1 atom stereocenters. The second-order valence-corrected chi connectivity index (χ2v) is 3.85. The molecule has 0 bridgehead atoms. The van der Waals surface area contributed by atoms with Crippen molar-refractivity contribution >= 4 is 11.9 Å². The summed E-state index contributed by atoms with van der Waals surface area (Å²) in [7, 11) is 0. The first-order valence-electron chi connectivity index (χ1n) is 5.76. The van der Waals surface area contributed by atoms with Gasteiger partial charge in [-0.05, 0) is 12.8 Å². The average Bonchev–Trinajstić information content (AvgIpc) is 2.78. The van der Waals surface area contributed by atoms with Crippen LogP contribution in [0.1, 0.15) is 19.8 Å². The molecule has 1 unspecified atom stereocenters. The number of hydrogen-bond donors (Lipinski definition) is 2. The van der Waals surface area contributed by atoms with Crippen molar-refractivity contribution in [1.82, 2.24) is 15.0 Å². The van der Waals surface area contributed by atoms with Crippen LogP contribution in [0.5, 0.6) is 6.01 Å². The molecule has 0 aliphatic carbocycles. The predicted octanol–water partition coefficient (Wildman–Crippen LogP) is 0.443. The van der Waals surface area contributed by atoms with Crippen LogP contribution in [0.3, 0.4) is 0 Å². The summed E-state index contributed by atoms with van der Waals surface area (Å²) in [6.07, 6.45) is 1.83. The molecule has 0 aromatic carbocycles. The van der Waals surface area contributed by atoms with E-state index in [4.69, 9.17) is 15.2 Å². The van der Waals surface area contributed by atoms with Crippen molar-refractivity contribution in [3.63, 3.8) is 0 Å². The number of nitrogens with two attached hydrogens (primary N) is 1. The number of nitrogen functional groups attached to an aromatic ring is 1. The topological polar surface area (TPSA) is 95.2 Å². The fourth-order valence-electron chi connectivity index (χ4n) is 1.53. The number of aromatic nitrogens is 3. The zero-order chi connectivity index (χ0) is 12.1. The van der Waals surface area contributed by atoms with Crippen LogP contribution >= 0.6 is 0 Å². The Balaban J connectivity index is 2.02. The normalized spacial score (nSPS) is 19.2. The van der Waals surface area contributed by atoms with Crippen LogP contribution in [0.4, 0.5) is 11.9 Å². The summed E-state index contributed by atoms with van der Waals surface area (Å²) in [5, 5.41) is 3.15. The summed E-state index contributed by atoms with van der Waals surface area (Å²) in [6.45, 7) is 4.00. The SMILES string of the molecule is CCCOc1nc(N)nc(NC2CCOC2)n1. The molecule has 2 heterocycles. The van der Waals surface area contributed by atoms with Gasteiger partial charge in [-0.3, -0.25) is 0 Å². The van der Waals surface area contributed by atoms with Gasteiger partial charge in [0.05, 0.1) is 19.3 Å². The molecule has 1 aromatic heterocycles. The Morgan fingerprint density at radius 3 is 3.06 bits per heavy atom. The molecule has 94 valence electrons. The van der Waals surface area contributed by atoms with Crippen molar-refractivity contribution in [1.29, 1.82) is 0 Å². The minimum Gasteiger partial charge on any atom is -0.463 e. The van der Waals surface area contributed by atoms with E-state index in [1.807, 2.05) is 6.92 Å². The van der Waals surface area contributed by atoms with Crippen LogP contribution in [0.2, 0.25) is 0 Å². The Hall–Kier alpha value is -1.63. The van der Waals surface area contributed by atoms with E-state index in [0.717, 1.165) is 19.4 Å². The molecule has 0 saturated carbocycles. The van der Waals surface area contributed by atoms with Gasteiger partial charge in [-0.2, -0.15) is 15.0 Å². The summed E-state index contributed by atoms with van der Waals surface area (Å²) in [5.41, 5.74) is 5.59. The average molecular weight is 239 g/mol. The van der Waals surface area contributed by atoms with Crippen LogP contribution in [-0.4, -0.2) is 40.8 Å². The smallest absolute Gasteiger partial charge is 0.323 e. The zero-order valence-electron chi connectivity index (χ0n) is 9.85. The number of ether oxygens (including phenoxy) is 2. The van der Waals surface area contributed by atoms with E-state index in [9.17, 15) is 0 Å². The lowest BCUT2D eigenvalue weighted by Gasteiger charge is -2.11. The molecule has 7 heteroatoms. The second kappa shape index (κ2) is 5.62. The number of hydrogen-bond acceptors (Lipinski definition) is 7. The third-order valence-corrected chi connectivity index (χ3v) is 2.33. The van der Waals surface area contributed by atoms with Crippen molar-refractivity contribution in [3.8, 4) is 6.01 Å². The molecule has 0 radical (unpaired) electrons. The summed E-state index contributed by atoms with van der Waals surface area (Å²) >= 11 is 0. The number of nitrogens with one attached hydrogen (secondary N) is 1. The quantitative estimate of drug-likeness (QED) is 0.769. The highest BCUT2D eigenvalue weighted by Crippen LogP contribution is 2.13. The van der Waals surface area contributed by atoms with Crippen molar-refractivity contribution in [2.24, 2.45) is 0 Å². The Labute approximate surface area is 99.8 Å². The molecule has 1 aliphatic heterocycles. The van der Waals surface area contributed by atoms with Gasteiger partial charge in [0, 0.05) is 6.61 Å². The van der Waals surface area contributed by atoms with Crippen LogP contribution in [-0.2, 0) is 4.74 Å². The van der Waals surface area contributed by atoms with Gasteiger partial charge in [0.1, 0.15) is 0 Å². The van der Waals surface area contributed by atoms with Gasteiger partial charge >= 0.3 is 6.01 Å². The maximum Gasteiger partial charge on any atom is 0.323 e. The van der Waals surface area contributed by atoms with E-state index in [1.165, 1.54) is 0 Å². The van der Waals surface area contributed by atoms with Crippen molar-refractivity contribution in [3.05, 3.63) is 0 Å². The van der Waals surface area contributed by atoms with E-state index in [-0.39, 0.29) is 18.0 Å². The summed E-state index contributed by atoms with van der Waals surface area (Å²) < 4.78 is 10.6. The monoisotopic (exact) mass is 239 g/mol. The van der Waals surface area contributed by atoms with Gasteiger partial charge < -0.3 is 20.5 Å². The van der Waals surface area contributed by atoms with Gasteiger partial charge in [-0.25, -0.2) is 0 Å². The minimum atomic E-state index is 0.160. The first-order chi connectivity index (χ1) is 8.28. The van der Waals surface area contributed by atoms with Gasteiger partial charge in [0.15, 0.2) is 0 Å². The molecule has 1 aromatic rings. The maximum absolute atomic E-state index is 5.59. The molecule has 1 aliphatic rings. The Morgan fingerprint density at radius 1 is 1.47 bits per heavy atom. The maximum atomic E-state index is 5.59. The lowest BCUT2D eigenvalue weighted by Crippen LogP contribution is -2.21. The first-order valence-corrected chi connectivity index (χ1v) is 5.76. The fourth-order valence-corrected chi connectivity index (χ4v) is 1.53. The molecule has 7 nitrogen and oxygen atoms in total. The molecule has 1 fully saturated rings. The van der Waals surface area contributed by atoms with Crippen LogP contribution in [0, 0.1) is 0 Å². The standard InChI is InChI=1S/C10H17N5O2/c1-2-4-17-10-14-8(11)13-9(15-10)12-7-3-5-16-6-7/h7H,2-6H2,1H3,(H3,11,12,13,14,15). The van der Waals surface area contributed by atoms with Crippen LogP contribution in [0.25, 0.3) is 0 Å². The highest BCUT2D eigenvalue weighted by atomic mass is 16.5. The Bertz CT molecular complexity index is 368. The molecule has 0 spiro atoms. The molecule has 0 amide bonds. The largest absolute Gasteiger partial charge is 0.463 e. The highest BCUT2D eigenvalue weighted by molar-refractivity contribution is 5.33. The lowest BCUT2D eigenvalue weighted by molar-refractivity contribution is 0.195. The third kappa shape index (κ3) is 3.42. The van der Waals surface area contributed by atoms with Crippen molar-refractivity contribution in [2.45, 2.75) is 25.8 Å². The van der Waals surface area contributed by atoms with Gasteiger partial charge in [0.2, 0.25) is 11.9 Å². The van der Waals surface area contributed by atoms with Crippen molar-refractivity contribution in [2.75, 3.05) is 30.9 Å². The summed E-state index contributed by atoms with van der Waals surface area (Å²) in [6, 6.07) is 0.497. The number of nitrogens with zero attached hydrogens (tertiary/aromatic N) is 3. The molecular weight excluding hydrogens is 222 g/mol. The predicted molar refractivity (Wildman–Crippen MR) is 62.9 cm³/mol. The molecule has 3 N–H and O–H groups in total. The van der Waals surface area contributed by atoms with Gasteiger partial charge in [-0.1, -0.05) is 6.92 Å². The first kappa shape index (κ1) is 11.8. The highest BCUT2D eigenvalue weighted by Gasteiger charge is 2.17. The second-order valence-electron chi connectivity index (χ2n) is 3.85. The third-order valence-electron chi connectivity index (χ3n) is 2.33. The number of anilines is 2. The zero-order valence-corrected chi connectivity index (χ0v) is 9.85. The van der Waals surface area contributed by atoms with E-state index in [2.05, 4.69) is 20.3 Å². The van der Waals surface area contributed by atoms with E-state index < -0.39 is 0 Å². The summed E-state index contributed by atoms with van der Waals surface area (Å²) in [5.74, 6) is 0.603. The van der Waals surface area contributed by atoms with E-state index in [1.54, 1.807) is 0 Å². The molecule has 2 rings (SSSR count). The van der Waals surface area contributed by atoms with E-state index in [0.29, 0.717) is 19.2 Å². The van der Waals surface area contributed by atoms with Gasteiger partial charge in [-0.15, -0.1) is 0 Å². The molecular formula is C10H17N5O2. The fraction of sp³-hybridized carbons (Fsp3) is 0.700. The van der Waals surface area contributed by atoms with Gasteiger partial charge in [0.25, 0.3) is 0 Å². The number of rotatable bonds is 5. The Kier molecular flexibility index (Phi) is 3.92. The minimum absolute atomic E-state index is 0.160. The van der Waals surface area contributed by atoms with E-state index >= 15 is 0 Å². The van der Waals surface area contributed by atoms with Crippen LogP contribution in [0.15, 0.2) is 0 Å². The molecule has 1 saturated heterocycles.